The van der Waals surface area contributed by atoms with E-state index in [1.54, 1.807) is 17.6 Å². The van der Waals surface area contributed by atoms with Gasteiger partial charge in [-0.3, -0.25) is 14.4 Å². The quantitative estimate of drug-likeness (QED) is 0.250. The number of aryl methyl sites for hydroxylation is 4. The highest BCUT2D eigenvalue weighted by Crippen LogP contribution is 2.39. The molecule has 0 saturated carbocycles. The monoisotopic (exact) mass is 564 g/mol. The lowest BCUT2D eigenvalue weighted by molar-refractivity contribution is -0.121. The van der Waals surface area contributed by atoms with Gasteiger partial charge in [0.25, 0.3) is 0 Å². The van der Waals surface area contributed by atoms with Gasteiger partial charge in [0.2, 0.25) is 5.91 Å². The summed E-state index contributed by atoms with van der Waals surface area (Å²) in [5.41, 5.74) is 10.8. The number of fused-ring (bicyclic) bond motifs is 3. The number of aromatic nitrogens is 3. The highest BCUT2D eigenvalue weighted by atomic mass is 35.5. The molecule has 0 spiro atoms. The van der Waals surface area contributed by atoms with Gasteiger partial charge in [-0.1, -0.05) is 23.7 Å². The first kappa shape index (κ1) is 27.3. The number of nitrogens with two attached hydrogens (primary N) is 1. The number of carbonyl (C=O) groups excluding carboxylic acids is 1. The van der Waals surface area contributed by atoms with Gasteiger partial charge in [0.05, 0.1) is 18.4 Å². The highest BCUT2D eigenvalue weighted by molar-refractivity contribution is 7.15. The van der Waals surface area contributed by atoms with Gasteiger partial charge in [-0.25, -0.2) is 0 Å². The molecule has 8 nitrogen and oxygen atoms in total. The third-order valence-corrected chi connectivity index (χ3v) is 8.48. The van der Waals surface area contributed by atoms with E-state index in [4.69, 9.17) is 26.7 Å². The molecule has 0 saturated heterocycles. The summed E-state index contributed by atoms with van der Waals surface area (Å²) in [7, 11) is 0. The van der Waals surface area contributed by atoms with Crippen LogP contribution in [0.2, 0.25) is 5.02 Å². The number of benzene rings is 1. The zero-order valence-electron chi connectivity index (χ0n) is 22.5. The van der Waals surface area contributed by atoms with E-state index in [0.717, 1.165) is 64.7 Å². The van der Waals surface area contributed by atoms with Crippen LogP contribution < -0.4 is 11.1 Å². The van der Waals surface area contributed by atoms with Crippen LogP contribution in [0.5, 0.6) is 0 Å². The van der Waals surface area contributed by atoms with Gasteiger partial charge >= 0.3 is 0 Å². The summed E-state index contributed by atoms with van der Waals surface area (Å²) in [5.74, 6) is 2.30. The molecule has 1 atom stereocenters. The lowest BCUT2D eigenvalue weighted by Crippen LogP contribution is -2.26. The first-order chi connectivity index (χ1) is 18.9. The molecular formula is C29H33ClN6O2S. The van der Waals surface area contributed by atoms with Crippen LogP contribution in [-0.4, -0.2) is 39.5 Å². The molecule has 0 fully saturated rings. The number of halogens is 1. The van der Waals surface area contributed by atoms with Crippen LogP contribution in [0.4, 0.5) is 0 Å². The molecule has 204 valence electrons. The molecule has 1 amide bonds. The van der Waals surface area contributed by atoms with Crippen LogP contribution in [0, 0.1) is 20.8 Å². The standard InChI is InChI=1S/C29H33ClN6O2S/c1-17-18(2)39-29-26(17)27(21-8-10-22(30)11-9-21)33-24(28-35-34-19(3)36(28)29)15-25(37)32-13-5-7-23-14-20(16-38-23)6-4-12-31/h8-11,14,16,24H,4-7,12-13,15,31H2,1-3H3,(H,32,37)/t24-/m0/s1. The van der Waals surface area contributed by atoms with Gasteiger partial charge in [-0.15, -0.1) is 21.5 Å². The summed E-state index contributed by atoms with van der Waals surface area (Å²) in [4.78, 5) is 19.5. The average molecular weight is 565 g/mol. The molecule has 4 aromatic rings. The van der Waals surface area contributed by atoms with Crippen LogP contribution in [0.25, 0.3) is 5.00 Å². The van der Waals surface area contributed by atoms with Crippen molar-refractivity contribution >= 4 is 34.6 Å². The van der Waals surface area contributed by atoms with E-state index < -0.39 is 6.04 Å². The zero-order chi connectivity index (χ0) is 27.5. The number of amides is 1. The summed E-state index contributed by atoms with van der Waals surface area (Å²) >= 11 is 7.88. The Labute approximate surface area is 237 Å². The van der Waals surface area contributed by atoms with E-state index in [-0.39, 0.29) is 12.3 Å². The average Bonchev–Trinajstić information content (AvgIpc) is 3.59. The van der Waals surface area contributed by atoms with E-state index in [1.165, 1.54) is 10.4 Å². The van der Waals surface area contributed by atoms with Gasteiger partial charge in [0, 0.05) is 34.0 Å². The number of furan rings is 1. The lowest BCUT2D eigenvalue weighted by atomic mass is 9.99. The Morgan fingerprint density at radius 3 is 2.72 bits per heavy atom. The predicted molar refractivity (Wildman–Crippen MR) is 155 cm³/mol. The van der Waals surface area contributed by atoms with E-state index in [2.05, 4.69) is 40.0 Å². The molecule has 3 aromatic heterocycles. The summed E-state index contributed by atoms with van der Waals surface area (Å²) in [6.45, 7) is 7.38. The number of aliphatic imine (C=N–C) groups is 1. The largest absolute Gasteiger partial charge is 0.469 e. The van der Waals surface area contributed by atoms with Crippen molar-refractivity contribution in [2.24, 2.45) is 10.7 Å². The fourth-order valence-electron chi connectivity index (χ4n) is 4.87. The second kappa shape index (κ2) is 11.9. The van der Waals surface area contributed by atoms with E-state index in [1.807, 2.05) is 31.2 Å². The number of nitrogens with zero attached hydrogens (tertiary/aromatic N) is 4. The van der Waals surface area contributed by atoms with Gasteiger partial charge < -0.3 is 15.5 Å². The number of carbonyl (C=O) groups is 1. The molecule has 5 rings (SSSR count). The minimum Gasteiger partial charge on any atom is -0.469 e. The molecule has 1 aromatic carbocycles. The molecule has 0 unspecified atom stereocenters. The fraction of sp³-hybridized carbons (Fsp3) is 0.379. The summed E-state index contributed by atoms with van der Waals surface area (Å²) in [5, 5.41) is 13.6. The van der Waals surface area contributed by atoms with Crippen LogP contribution >= 0.6 is 22.9 Å². The van der Waals surface area contributed by atoms with Crippen LogP contribution in [-0.2, 0) is 17.6 Å². The predicted octanol–water partition coefficient (Wildman–Crippen LogP) is 5.42. The van der Waals surface area contributed by atoms with E-state index in [0.29, 0.717) is 23.9 Å². The molecular weight excluding hydrogens is 532 g/mol. The molecule has 1 aliphatic heterocycles. The van der Waals surface area contributed by atoms with Crippen molar-refractivity contribution in [3.63, 3.8) is 0 Å². The van der Waals surface area contributed by atoms with Crippen molar-refractivity contribution < 1.29 is 9.21 Å². The Balaban J connectivity index is 1.34. The van der Waals surface area contributed by atoms with Crippen molar-refractivity contribution in [3.8, 4) is 5.00 Å². The van der Waals surface area contributed by atoms with Gasteiger partial charge in [0.1, 0.15) is 22.6 Å². The van der Waals surface area contributed by atoms with Crippen LogP contribution in [0.3, 0.4) is 0 Å². The number of hydrogen-bond acceptors (Lipinski definition) is 7. The number of rotatable bonds is 10. The zero-order valence-corrected chi connectivity index (χ0v) is 24.0. The maximum absolute atomic E-state index is 13.1. The normalized spacial score (nSPS) is 14.5. The SMILES string of the molecule is Cc1sc2c(c1C)C(c1ccc(Cl)cc1)=N[C@@H](CC(=O)NCCCc1cc(CCCN)co1)c1nnc(C)n1-2. The topological polar surface area (TPSA) is 111 Å². The third kappa shape index (κ3) is 5.85. The highest BCUT2D eigenvalue weighted by Gasteiger charge is 2.32. The van der Waals surface area contributed by atoms with Crippen molar-refractivity contribution in [2.45, 2.75) is 58.9 Å². The van der Waals surface area contributed by atoms with Crippen LogP contribution in [0.1, 0.15) is 69.8 Å². The van der Waals surface area contributed by atoms with Gasteiger partial charge in [0.15, 0.2) is 5.82 Å². The lowest BCUT2D eigenvalue weighted by Gasteiger charge is -2.13. The molecule has 4 heterocycles. The Hall–Kier alpha value is -3.27. The second-order valence-corrected chi connectivity index (χ2v) is 11.5. The van der Waals surface area contributed by atoms with Crippen molar-refractivity contribution in [2.75, 3.05) is 13.1 Å². The molecule has 10 heteroatoms. The first-order valence-corrected chi connectivity index (χ1v) is 14.4. The number of nitrogens with one attached hydrogen (secondary N) is 1. The molecule has 3 N–H and O–H groups in total. The number of thiophene rings is 1. The Kier molecular flexibility index (Phi) is 8.30. The minimum atomic E-state index is -0.480. The summed E-state index contributed by atoms with van der Waals surface area (Å²) in [6, 6.07) is 9.28. The molecule has 1 aliphatic rings. The van der Waals surface area contributed by atoms with Crippen molar-refractivity contribution in [1.82, 2.24) is 20.1 Å². The minimum absolute atomic E-state index is 0.0763. The fourth-order valence-corrected chi connectivity index (χ4v) is 6.21. The van der Waals surface area contributed by atoms with Gasteiger partial charge in [-0.2, -0.15) is 0 Å². The molecule has 39 heavy (non-hydrogen) atoms. The van der Waals surface area contributed by atoms with Crippen LogP contribution in [0.15, 0.2) is 46.0 Å². The van der Waals surface area contributed by atoms with E-state index >= 15 is 0 Å². The van der Waals surface area contributed by atoms with Gasteiger partial charge in [-0.05, 0) is 75.9 Å². The third-order valence-electron chi connectivity index (χ3n) is 7.04. The van der Waals surface area contributed by atoms with Crippen molar-refractivity contribution in [3.05, 3.63) is 86.2 Å². The molecule has 0 radical (unpaired) electrons. The first-order valence-electron chi connectivity index (χ1n) is 13.2. The Morgan fingerprint density at radius 1 is 1.15 bits per heavy atom. The summed E-state index contributed by atoms with van der Waals surface area (Å²) in [6.07, 6.45) is 5.38. The van der Waals surface area contributed by atoms with Crippen molar-refractivity contribution in [1.29, 1.82) is 0 Å². The number of hydrogen-bond donors (Lipinski definition) is 2. The summed E-state index contributed by atoms with van der Waals surface area (Å²) < 4.78 is 7.71. The maximum Gasteiger partial charge on any atom is 0.222 e. The Morgan fingerprint density at radius 2 is 1.95 bits per heavy atom. The second-order valence-electron chi connectivity index (χ2n) is 9.88. The van der Waals surface area contributed by atoms with E-state index in [9.17, 15) is 4.79 Å². The Bertz CT molecular complexity index is 1500. The molecule has 0 bridgehead atoms. The molecule has 0 aliphatic carbocycles. The maximum atomic E-state index is 13.1. The smallest absolute Gasteiger partial charge is 0.222 e.